The van der Waals surface area contributed by atoms with Gasteiger partial charge >= 0.3 is 6.03 Å². The number of carbonyl (C=O) groups excluding carboxylic acids is 1. The van der Waals surface area contributed by atoms with Gasteiger partial charge in [0.15, 0.2) is 10.8 Å². The SMILES string of the molecule is CC.COCCNC1(CNc2ccc3c(n2)sc2nc(-c4ccc(NC(=O)Nc5cc(C(C)(C)C)on5)cc4)cn23)CC1. The van der Waals surface area contributed by atoms with Crippen molar-refractivity contribution >= 4 is 50.0 Å². The monoisotopic (exact) mass is 604 g/mol. The molecule has 1 saturated carbocycles. The topological polar surface area (TPSA) is 131 Å². The van der Waals surface area contributed by atoms with E-state index in [-0.39, 0.29) is 11.0 Å². The smallest absolute Gasteiger partial charge is 0.324 e. The minimum Gasteiger partial charge on any atom is -0.383 e. The molecule has 0 radical (unpaired) electrons. The number of anilines is 3. The predicted molar refractivity (Wildman–Crippen MR) is 173 cm³/mol. The second-order valence-corrected chi connectivity index (χ2v) is 12.4. The lowest BCUT2D eigenvalue weighted by atomic mass is 9.93. The Morgan fingerprint density at radius 1 is 1.07 bits per heavy atom. The van der Waals surface area contributed by atoms with Crippen LogP contribution in [0.4, 0.5) is 22.1 Å². The second-order valence-electron chi connectivity index (χ2n) is 11.4. The Morgan fingerprint density at radius 3 is 2.51 bits per heavy atom. The highest BCUT2D eigenvalue weighted by Gasteiger charge is 2.41. The number of aromatic nitrogens is 4. The third-order valence-corrected chi connectivity index (χ3v) is 8.12. The van der Waals surface area contributed by atoms with Gasteiger partial charge in [0.25, 0.3) is 0 Å². The van der Waals surface area contributed by atoms with E-state index < -0.39 is 6.03 Å². The van der Waals surface area contributed by atoms with Gasteiger partial charge in [-0.25, -0.2) is 14.8 Å². The summed E-state index contributed by atoms with van der Waals surface area (Å²) in [5.74, 6) is 1.94. The number of benzene rings is 1. The molecule has 11 nitrogen and oxygen atoms in total. The molecule has 0 spiro atoms. The highest BCUT2D eigenvalue weighted by atomic mass is 32.1. The van der Waals surface area contributed by atoms with E-state index in [0.29, 0.717) is 23.9 Å². The number of carbonyl (C=O) groups is 1. The number of ether oxygens (including phenoxy) is 1. The van der Waals surface area contributed by atoms with Crippen molar-refractivity contribution in [3.8, 4) is 11.3 Å². The van der Waals surface area contributed by atoms with Gasteiger partial charge in [0.1, 0.15) is 16.4 Å². The molecule has 1 fully saturated rings. The molecule has 1 aliphatic rings. The molecule has 43 heavy (non-hydrogen) atoms. The molecule has 0 unspecified atom stereocenters. The lowest BCUT2D eigenvalue weighted by Gasteiger charge is -2.18. The maximum Gasteiger partial charge on any atom is 0.324 e. The number of rotatable bonds is 10. The standard InChI is InChI=1S/C29H34N8O3S.C2H6/c1-28(2,3)22-15-24(36-40-22)35-26(38)32-19-7-5-18(6-8-19)20-16-37-21-9-10-23(34-25(21)41-27(37)33-20)30-17-29(11-12-29)31-13-14-39-4;1-2/h5-10,15-16,31H,11-14,17H2,1-4H3,(H,30,34)(H2,32,35,36,38);1-2H3. The molecule has 4 aromatic heterocycles. The summed E-state index contributed by atoms with van der Waals surface area (Å²) in [7, 11) is 1.72. The van der Waals surface area contributed by atoms with Crippen LogP contribution >= 0.6 is 11.3 Å². The Labute approximate surface area is 255 Å². The van der Waals surface area contributed by atoms with Crippen LogP contribution in [0.5, 0.6) is 0 Å². The van der Waals surface area contributed by atoms with E-state index in [1.807, 2.05) is 71.1 Å². The molecule has 0 atom stereocenters. The first-order valence-electron chi connectivity index (χ1n) is 14.6. The summed E-state index contributed by atoms with van der Waals surface area (Å²) in [6.07, 6.45) is 4.34. The molecule has 0 saturated heterocycles. The van der Waals surface area contributed by atoms with Gasteiger partial charge in [-0.15, -0.1) is 0 Å². The molecule has 12 heteroatoms. The number of nitrogens with one attached hydrogen (secondary N) is 4. The van der Waals surface area contributed by atoms with Gasteiger partial charge in [-0.2, -0.15) is 0 Å². The third kappa shape index (κ3) is 7.15. The van der Waals surface area contributed by atoms with Crippen LogP contribution in [0.15, 0.2) is 53.2 Å². The van der Waals surface area contributed by atoms with E-state index in [1.165, 1.54) is 0 Å². The van der Waals surface area contributed by atoms with Gasteiger partial charge in [0.05, 0.1) is 17.8 Å². The first-order chi connectivity index (χ1) is 20.7. The normalized spacial score (nSPS) is 13.9. The van der Waals surface area contributed by atoms with Crippen LogP contribution in [-0.4, -0.2) is 57.9 Å². The number of thiazole rings is 1. The minimum atomic E-state index is -0.392. The fourth-order valence-electron chi connectivity index (χ4n) is 4.56. The number of nitrogens with zero attached hydrogens (tertiary/aromatic N) is 4. The number of hydrogen-bond acceptors (Lipinski definition) is 9. The first-order valence-corrected chi connectivity index (χ1v) is 15.5. The number of fused-ring (bicyclic) bond motifs is 3. The van der Waals surface area contributed by atoms with E-state index in [0.717, 1.165) is 58.3 Å². The van der Waals surface area contributed by atoms with Gasteiger partial charge < -0.3 is 25.2 Å². The van der Waals surface area contributed by atoms with Gasteiger partial charge in [0.2, 0.25) is 0 Å². The molecule has 1 aromatic carbocycles. The van der Waals surface area contributed by atoms with Crippen molar-refractivity contribution in [2.45, 2.75) is 58.4 Å². The number of methoxy groups -OCH3 is 1. The summed E-state index contributed by atoms with van der Waals surface area (Å²) in [4.78, 5) is 23.9. The van der Waals surface area contributed by atoms with Crippen LogP contribution in [0.2, 0.25) is 0 Å². The van der Waals surface area contributed by atoms with E-state index in [9.17, 15) is 4.79 Å². The van der Waals surface area contributed by atoms with Crippen LogP contribution in [0, 0.1) is 0 Å². The van der Waals surface area contributed by atoms with Crippen molar-refractivity contribution in [3.63, 3.8) is 0 Å². The highest BCUT2D eigenvalue weighted by Crippen LogP contribution is 2.36. The van der Waals surface area contributed by atoms with Crippen LogP contribution in [0.25, 0.3) is 26.6 Å². The molecule has 0 bridgehead atoms. The molecule has 5 aromatic rings. The third-order valence-electron chi connectivity index (χ3n) is 7.16. The summed E-state index contributed by atoms with van der Waals surface area (Å²) >= 11 is 1.56. The van der Waals surface area contributed by atoms with Crippen molar-refractivity contribution in [1.82, 2.24) is 24.8 Å². The average Bonchev–Trinajstić information content (AvgIpc) is 3.27. The fraction of sp³-hybridized carbons (Fsp3) is 0.419. The average molecular weight is 605 g/mol. The molecular weight excluding hydrogens is 564 g/mol. The maximum absolute atomic E-state index is 12.4. The maximum atomic E-state index is 12.4. The van der Waals surface area contributed by atoms with Crippen LogP contribution < -0.4 is 21.3 Å². The largest absolute Gasteiger partial charge is 0.383 e. The van der Waals surface area contributed by atoms with E-state index >= 15 is 0 Å². The van der Waals surface area contributed by atoms with Crippen LogP contribution in [0.3, 0.4) is 0 Å². The van der Waals surface area contributed by atoms with Gasteiger partial charge in [-0.05, 0) is 37.1 Å². The van der Waals surface area contributed by atoms with Crippen molar-refractivity contribution in [1.29, 1.82) is 0 Å². The number of amides is 2. The summed E-state index contributed by atoms with van der Waals surface area (Å²) in [5, 5.41) is 16.5. The summed E-state index contributed by atoms with van der Waals surface area (Å²) < 4.78 is 12.6. The second kappa shape index (κ2) is 12.7. The van der Waals surface area contributed by atoms with Gasteiger partial charge in [-0.1, -0.05) is 63.2 Å². The lowest BCUT2D eigenvalue weighted by molar-refractivity contribution is 0.195. The van der Waals surface area contributed by atoms with E-state index in [1.54, 1.807) is 24.5 Å². The zero-order valence-corrected chi connectivity index (χ0v) is 26.4. The molecule has 1 aliphatic carbocycles. The van der Waals surface area contributed by atoms with Gasteiger partial charge in [0, 0.05) is 54.7 Å². The van der Waals surface area contributed by atoms with Crippen LogP contribution in [0.1, 0.15) is 53.2 Å². The lowest BCUT2D eigenvalue weighted by Crippen LogP contribution is -2.39. The Kier molecular flexibility index (Phi) is 9.00. The summed E-state index contributed by atoms with van der Waals surface area (Å²) in [5.41, 5.74) is 3.44. The molecule has 0 aliphatic heterocycles. The van der Waals surface area contributed by atoms with Crippen molar-refractivity contribution in [2.24, 2.45) is 0 Å². The number of pyridine rings is 1. The minimum absolute atomic E-state index is 0.149. The molecule has 4 N–H and O–H groups in total. The Bertz CT molecular complexity index is 1680. The number of urea groups is 1. The molecule has 4 heterocycles. The molecular formula is C31H40N8O3S. The van der Waals surface area contributed by atoms with Crippen molar-refractivity contribution in [2.75, 3.05) is 42.8 Å². The first kappa shape index (κ1) is 30.5. The van der Waals surface area contributed by atoms with Crippen molar-refractivity contribution in [3.05, 3.63) is 54.4 Å². The van der Waals surface area contributed by atoms with Crippen molar-refractivity contribution < 1.29 is 14.1 Å². The predicted octanol–water partition coefficient (Wildman–Crippen LogP) is 6.75. The molecule has 6 rings (SSSR count). The fourth-order valence-corrected chi connectivity index (χ4v) is 5.54. The Hall–Kier alpha value is -4.00. The van der Waals surface area contributed by atoms with Crippen LogP contribution in [-0.2, 0) is 10.2 Å². The Balaban J connectivity index is 0.00000180. The Morgan fingerprint density at radius 2 is 1.84 bits per heavy atom. The molecule has 2 amide bonds. The zero-order chi connectivity index (χ0) is 30.6. The van der Waals surface area contributed by atoms with E-state index in [2.05, 4.69) is 36.9 Å². The number of hydrogen-bond donors (Lipinski definition) is 4. The number of imidazole rings is 1. The summed E-state index contributed by atoms with van der Waals surface area (Å²) in [6, 6.07) is 13.0. The quantitative estimate of drug-likeness (QED) is 0.129. The highest BCUT2D eigenvalue weighted by molar-refractivity contribution is 7.23. The molecule has 228 valence electrons. The van der Waals surface area contributed by atoms with Gasteiger partial charge in [-0.3, -0.25) is 9.72 Å². The van der Waals surface area contributed by atoms with E-state index in [4.69, 9.17) is 19.2 Å². The zero-order valence-electron chi connectivity index (χ0n) is 25.6. The summed E-state index contributed by atoms with van der Waals surface area (Å²) in [6.45, 7) is 12.5.